The lowest BCUT2D eigenvalue weighted by Gasteiger charge is -2.36. The number of hydrogen-bond donors (Lipinski definition) is 1. The minimum absolute atomic E-state index is 0.286. The highest BCUT2D eigenvalue weighted by Crippen LogP contribution is 2.29. The molecule has 0 radical (unpaired) electrons. The van der Waals surface area contributed by atoms with Crippen molar-refractivity contribution >= 4 is 5.69 Å². The molecule has 0 aromatic heterocycles. The Labute approximate surface area is 123 Å². The summed E-state index contributed by atoms with van der Waals surface area (Å²) in [5.41, 5.74) is 1.82. The van der Waals surface area contributed by atoms with Gasteiger partial charge in [-0.25, -0.2) is 8.78 Å². The second-order valence-electron chi connectivity index (χ2n) is 5.42. The molecule has 1 aliphatic rings. The second kappa shape index (κ2) is 5.82. The van der Waals surface area contributed by atoms with Crippen molar-refractivity contribution in [3.8, 4) is 11.1 Å². The van der Waals surface area contributed by atoms with Crippen LogP contribution in [0.2, 0.25) is 0 Å². The fourth-order valence-electron chi connectivity index (χ4n) is 2.82. The summed E-state index contributed by atoms with van der Waals surface area (Å²) in [6.07, 6.45) is 0. The quantitative estimate of drug-likeness (QED) is 0.911. The normalized spacial score (nSPS) is 18.8. The van der Waals surface area contributed by atoms with Gasteiger partial charge >= 0.3 is 0 Å². The minimum atomic E-state index is -0.337. The predicted molar refractivity (Wildman–Crippen MR) is 81.5 cm³/mol. The Bertz CT molecular complexity index is 642. The molecule has 1 atom stereocenters. The molecule has 0 bridgehead atoms. The van der Waals surface area contributed by atoms with E-state index in [1.165, 1.54) is 18.2 Å². The van der Waals surface area contributed by atoms with Crippen molar-refractivity contribution in [2.24, 2.45) is 0 Å². The Kier molecular flexibility index (Phi) is 3.88. The van der Waals surface area contributed by atoms with Crippen molar-refractivity contribution in [3.05, 3.63) is 54.1 Å². The molecule has 0 saturated carbocycles. The molecule has 0 aliphatic carbocycles. The van der Waals surface area contributed by atoms with E-state index in [1.807, 2.05) is 6.07 Å². The highest BCUT2D eigenvalue weighted by molar-refractivity contribution is 5.69. The Balaban J connectivity index is 2.02. The molecule has 1 saturated heterocycles. The zero-order valence-corrected chi connectivity index (χ0v) is 11.9. The maximum Gasteiger partial charge on any atom is 0.131 e. The molecular weight excluding hydrogens is 270 g/mol. The number of piperazine rings is 1. The number of nitrogens with zero attached hydrogens (tertiary/aromatic N) is 1. The third kappa shape index (κ3) is 2.90. The molecule has 1 aliphatic heterocycles. The minimum Gasteiger partial charge on any atom is -0.366 e. The van der Waals surface area contributed by atoms with Gasteiger partial charge in [-0.1, -0.05) is 18.2 Å². The van der Waals surface area contributed by atoms with Gasteiger partial charge in [-0.15, -0.1) is 0 Å². The largest absolute Gasteiger partial charge is 0.366 e. The highest BCUT2D eigenvalue weighted by Gasteiger charge is 2.19. The molecular formula is C17H18F2N2. The van der Waals surface area contributed by atoms with E-state index in [2.05, 4.69) is 17.1 Å². The number of hydrogen-bond acceptors (Lipinski definition) is 2. The van der Waals surface area contributed by atoms with E-state index in [-0.39, 0.29) is 17.7 Å². The lowest BCUT2D eigenvalue weighted by molar-refractivity contribution is 0.499. The van der Waals surface area contributed by atoms with Gasteiger partial charge in [0.05, 0.1) is 0 Å². The summed E-state index contributed by atoms with van der Waals surface area (Å²) < 4.78 is 27.9. The topological polar surface area (TPSA) is 15.3 Å². The van der Waals surface area contributed by atoms with Crippen LogP contribution < -0.4 is 10.2 Å². The van der Waals surface area contributed by atoms with Crippen molar-refractivity contribution < 1.29 is 8.78 Å². The zero-order valence-electron chi connectivity index (χ0n) is 11.9. The van der Waals surface area contributed by atoms with Crippen molar-refractivity contribution in [2.75, 3.05) is 24.5 Å². The third-order valence-electron chi connectivity index (χ3n) is 3.90. The molecule has 1 fully saturated rings. The van der Waals surface area contributed by atoms with Crippen LogP contribution in [0.3, 0.4) is 0 Å². The van der Waals surface area contributed by atoms with E-state index in [0.717, 1.165) is 25.3 Å². The molecule has 4 heteroatoms. The Morgan fingerprint density at radius 2 is 1.95 bits per heavy atom. The Hall–Kier alpha value is -1.94. The SMILES string of the molecule is CC1CNCCN1c1cc(F)cc(-c2ccccc2F)c1. The van der Waals surface area contributed by atoms with Crippen LogP contribution in [-0.4, -0.2) is 25.7 Å². The van der Waals surface area contributed by atoms with E-state index in [9.17, 15) is 8.78 Å². The van der Waals surface area contributed by atoms with Gasteiger partial charge in [0.25, 0.3) is 0 Å². The maximum absolute atomic E-state index is 14.0. The molecule has 21 heavy (non-hydrogen) atoms. The molecule has 1 heterocycles. The molecule has 1 unspecified atom stereocenters. The van der Waals surface area contributed by atoms with Gasteiger partial charge in [-0.2, -0.15) is 0 Å². The standard InChI is InChI=1S/C17H18F2N2/c1-12-11-20-6-7-21(12)15-9-13(8-14(18)10-15)16-4-2-3-5-17(16)19/h2-5,8-10,12,20H,6-7,11H2,1H3. The summed E-state index contributed by atoms with van der Waals surface area (Å²) in [6, 6.07) is 11.5. The maximum atomic E-state index is 14.0. The number of halogens is 2. The monoisotopic (exact) mass is 288 g/mol. The summed E-state index contributed by atoms with van der Waals surface area (Å²) in [7, 11) is 0. The van der Waals surface area contributed by atoms with Crippen LogP contribution in [0.4, 0.5) is 14.5 Å². The van der Waals surface area contributed by atoms with Crippen LogP contribution in [0.25, 0.3) is 11.1 Å². The van der Waals surface area contributed by atoms with Crippen LogP contribution >= 0.6 is 0 Å². The first kappa shape index (κ1) is 14.0. The van der Waals surface area contributed by atoms with Crippen LogP contribution in [0.5, 0.6) is 0 Å². The molecule has 0 spiro atoms. The average molecular weight is 288 g/mol. The van der Waals surface area contributed by atoms with Crippen molar-refractivity contribution in [1.29, 1.82) is 0 Å². The number of nitrogens with one attached hydrogen (secondary N) is 1. The van der Waals surface area contributed by atoms with Crippen LogP contribution in [0, 0.1) is 11.6 Å². The van der Waals surface area contributed by atoms with E-state index >= 15 is 0 Å². The molecule has 2 nitrogen and oxygen atoms in total. The van der Waals surface area contributed by atoms with Gasteiger partial charge in [0.15, 0.2) is 0 Å². The van der Waals surface area contributed by atoms with E-state index in [0.29, 0.717) is 11.1 Å². The van der Waals surface area contributed by atoms with Gasteiger partial charge in [0.2, 0.25) is 0 Å². The smallest absolute Gasteiger partial charge is 0.131 e. The van der Waals surface area contributed by atoms with Crippen molar-refractivity contribution in [1.82, 2.24) is 5.32 Å². The summed E-state index contributed by atoms with van der Waals surface area (Å²) in [5, 5.41) is 3.31. The molecule has 3 rings (SSSR count). The summed E-state index contributed by atoms with van der Waals surface area (Å²) in [5.74, 6) is -0.668. The van der Waals surface area contributed by atoms with Gasteiger partial charge in [0, 0.05) is 36.9 Å². The van der Waals surface area contributed by atoms with Gasteiger partial charge < -0.3 is 10.2 Å². The highest BCUT2D eigenvalue weighted by atomic mass is 19.1. The number of rotatable bonds is 2. The van der Waals surface area contributed by atoms with Crippen LogP contribution in [0.1, 0.15) is 6.92 Å². The number of anilines is 1. The average Bonchev–Trinajstić information content (AvgIpc) is 2.47. The van der Waals surface area contributed by atoms with E-state index in [1.54, 1.807) is 18.2 Å². The third-order valence-corrected chi connectivity index (χ3v) is 3.90. The molecule has 110 valence electrons. The first-order chi connectivity index (χ1) is 10.1. The van der Waals surface area contributed by atoms with E-state index in [4.69, 9.17) is 0 Å². The van der Waals surface area contributed by atoms with Gasteiger partial charge in [0.1, 0.15) is 11.6 Å². The molecule has 0 amide bonds. The predicted octanol–water partition coefficient (Wildman–Crippen LogP) is 3.43. The van der Waals surface area contributed by atoms with E-state index < -0.39 is 0 Å². The second-order valence-corrected chi connectivity index (χ2v) is 5.42. The first-order valence-electron chi connectivity index (χ1n) is 7.18. The zero-order chi connectivity index (χ0) is 14.8. The summed E-state index contributed by atoms with van der Waals surface area (Å²) in [4.78, 5) is 2.16. The van der Waals surface area contributed by atoms with Crippen molar-refractivity contribution in [2.45, 2.75) is 13.0 Å². The lowest BCUT2D eigenvalue weighted by Crippen LogP contribution is -2.49. The summed E-state index contributed by atoms with van der Waals surface area (Å²) in [6.45, 7) is 4.66. The Morgan fingerprint density at radius 1 is 1.14 bits per heavy atom. The fraction of sp³-hybridized carbons (Fsp3) is 0.294. The van der Waals surface area contributed by atoms with Crippen molar-refractivity contribution in [3.63, 3.8) is 0 Å². The number of benzene rings is 2. The van der Waals surface area contributed by atoms with Crippen LogP contribution in [-0.2, 0) is 0 Å². The lowest BCUT2D eigenvalue weighted by atomic mass is 10.0. The molecule has 2 aromatic rings. The molecule has 2 aromatic carbocycles. The van der Waals surface area contributed by atoms with Crippen LogP contribution in [0.15, 0.2) is 42.5 Å². The van der Waals surface area contributed by atoms with Gasteiger partial charge in [-0.05, 0) is 36.8 Å². The fourth-order valence-corrected chi connectivity index (χ4v) is 2.82. The first-order valence-corrected chi connectivity index (χ1v) is 7.18. The molecule has 1 N–H and O–H groups in total. The Morgan fingerprint density at radius 3 is 2.71 bits per heavy atom. The van der Waals surface area contributed by atoms with Gasteiger partial charge in [-0.3, -0.25) is 0 Å². The summed E-state index contributed by atoms with van der Waals surface area (Å²) >= 11 is 0.